The Labute approximate surface area is 118 Å². The molecule has 1 saturated carbocycles. The van der Waals surface area contributed by atoms with Crippen LogP contribution in [0.4, 0.5) is 0 Å². The standard InChI is InChI=1S/C13H19NO3S2/c1-3-12-8-9-13(18-12)19(16,17)14(2)10-4-6-11(15)7-5-10/h8-10H,3-7H2,1-2H3. The van der Waals surface area contributed by atoms with Gasteiger partial charge in [-0.2, -0.15) is 4.31 Å². The molecule has 0 atom stereocenters. The van der Waals surface area contributed by atoms with E-state index in [0.717, 1.165) is 11.3 Å². The average Bonchev–Trinajstić information content (AvgIpc) is 2.88. The van der Waals surface area contributed by atoms with Crippen LogP contribution in [0.15, 0.2) is 16.3 Å². The molecule has 6 heteroatoms. The summed E-state index contributed by atoms with van der Waals surface area (Å²) >= 11 is 1.34. The van der Waals surface area contributed by atoms with Crippen LogP contribution in [0.3, 0.4) is 0 Å². The molecule has 0 bridgehead atoms. The number of aryl methyl sites for hydroxylation is 1. The molecule has 1 fully saturated rings. The first-order chi connectivity index (χ1) is 8.95. The fraction of sp³-hybridized carbons (Fsp3) is 0.615. The lowest BCUT2D eigenvalue weighted by Gasteiger charge is -2.29. The zero-order valence-electron chi connectivity index (χ0n) is 11.3. The van der Waals surface area contributed by atoms with Gasteiger partial charge in [0.2, 0.25) is 0 Å². The number of Topliss-reactive ketones (excluding diaryl/α,β-unsaturated/α-hetero) is 1. The largest absolute Gasteiger partial charge is 0.300 e. The Morgan fingerprint density at radius 1 is 1.32 bits per heavy atom. The van der Waals surface area contributed by atoms with Gasteiger partial charge in [0.15, 0.2) is 0 Å². The van der Waals surface area contributed by atoms with E-state index in [9.17, 15) is 13.2 Å². The first-order valence-corrected chi connectivity index (χ1v) is 8.79. The first-order valence-electron chi connectivity index (χ1n) is 6.53. The molecular weight excluding hydrogens is 282 g/mol. The highest BCUT2D eigenvalue weighted by atomic mass is 32.2. The highest BCUT2D eigenvalue weighted by Crippen LogP contribution is 2.29. The normalized spacial score (nSPS) is 18.2. The molecule has 0 N–H and O–H groups in total. The van der Waals surface area contributed by atoms with Gasteiger partial charge in [-0.1, -0.05) is 6.92 Å². The van der Waals surface area contributed by atoms with Crippen molar-refractivity contribution in [2.75, 3.05) is 7.05 Å². The van der Waals surface area contributed by atoms with Crippen LogP contribution in [0.25, 0.3) is 0 Å². The second kappa shape index (κ2) is 5.73. The van der Waals surface area contributed by atoms with Crippen LogP contribution >= 0.6 is 11.3 Å². The van der Waals surface area contributed by atoms with Crippen molar-refractivity contribution < 1.29 is 13.2 Å². The van der Waals surface area contributed by atoms with Crippen molar-refractivity contribution in [3.05, 3.63) is 17.0 Å². The van der Waals surface area contributed by atoms with Crippen molar-refractivity contribution in [1.29, 1.82) is 0 Å². The van der Waals surface area contributed by atoms with Gasteiger partial charge in [0.05, 0.1) is 0 Å². The summed E-state index contributed by atoms with van der Waals surface area (Å²) in [6.45, 7) is 2.01. The second-order valence-electron chi connectivity index (χ2n) is 4.87. The predicted octanol–water partition coefficient (Wildman–Crippen LogP) is 2.44. The van der Waals surface area contributed by atoms with E-state index >= 15 is 0 Å². The smallest absolute Gasteiger partial charge is 0.252 e. The molecule has 0 amide bonds. The van der Waals surface area contributed by atoms with Gasteiger partial charge < -0.3 is 0 Å². The van der Waals surface area contributed by atoms with E-state index in [-0.39, 0.29) is 11.8 Å². The van der Waals surface area contributed by atoms with Crippen LogP contribution in [-0.4, -0.2) is 31.6 Å². The van der Waals surface area contributed by atoms with Crippen LogP contribution in [0.1, 0.15) is 37.5 Å². The fourth-order valence-electron chi connectivity index (χ4n) is 2.31. The summed E-state index contributed by atoms with van der Waals surface area (Å²) in [6, 6.07) is 3.51. The summed E-state index contributed by atoms with van der Waals surface area (Å²) in [6.07, 6.45) is 3.12. The van der Waals surface area contributed by atoms with Gasteiger partial charge in [-0.3, -0.25) is 4.79 Å². The Bertz CT molecular complexity index is 552. The maximum Gasteiger partial charge on any atom is 0.252 e. The molecule has 0 radical (unpaired) electrons. The number of carbonyl (C=O) groups is 1. The minimum atomic E-state index is -3.40. The Kier molecular flexibility index (Phi) is 4.43. The molecule has 19 heavy (non-hydrogen) atoms. The SMILES string of the molecule is CCc1ccc(S(=O)(=O)N(C)C2CCC(=O)CC2)s1. The third-order valence-electron chi connectivity index (χ3n) is 3.65. The van der Waals surface area contributed by atoms with Crippen molar-refractivity contribution in [3.8, 4) is 0 Å². The van der Waals surface area contributed by atoms with E-state index in [1.54, 1.807) is 13.1 Å². The monoisotopic (exact) mass is 301 g/mol. The summed E-state index contributed by atoms with van der Waals surface area (Å²) in [7, 11) is -1.78. The molecule has 0 aliphatic heterocycles. The lowest BCUT2D eigenvalue weighted by molar-refractivity contribution is -0.120. The molecule has 4 nitrogen and oxygen atoms in total. The van der Waals surface area contributed by atoms with E-state index in [1.807, 2.05) is 13.0 Å². The topological polar surface area (TPSA) is 54.5 Å². The predicted molar refractivity (Wildman–Crippen MR) is 75.9 cm³/mol. The van der Waals surface area contributed by atoms with Crippen molar-refractivity contribution in [3.63, 3.8) is 0 Å². The minimum Gasteiger partial charge on any atom is -0.300 e. The van der Waals surface area contributed by atoms with Gasteiger partial charge in [0.1, 0.15) is 9.99 Å². The quantitative estimate of drug-likeness (QED) is 0.858. The molecule has 0 saturated heterocycles. The van der Waals surface area contributed by atoms with Gasteiger partial charge >= 0.3 is 0 Å². The molecule has 0 spiro atoms. The van der Waals surface area contributed by atoms with E-state index in [0.29, 0.717) is 29.9 Å². The molecule has 1 aliphatic carbocycles. The average molecular weight is 301 g/mol. The number of sulfonamides is 1. The summed E-state index contributed by atoms with van der Waals surface area (Å²) in [5.74, 6) is 0.242. The van der Waals surface area contributed by atoms with E-state index in [4.69, 9.17) is 0 Å². The van der Waals surface area contributed by atoms with Crippen LogP contribution in [-0.2, 0) is 21.2 Å². The zero-order valence-corrected chi connectivity index (χ0v) is 12.9. The lowest BCUT2D eigenvalue weighted by Crippen LogP contribution is -2.39. The maximum atomic E-state index is 12.5. The molecule has 0 aromatic carbocycles. The molecule has 106 valence electrons. The van der Waals surface area contributed by atoms with Gasteiger partial charge in [0, 0.05) is 30.8 Å². The summed E-state index contributed by atoms with van der Waals surface area (Å²) in [5, 5.41) is 0. The summed E-state index contributed by atoms with van der Waals surface area (Å²) in [4.78, 5) is 12.3. The molecule has 2 rings (SSSR count). The number of nitrogens with zero attached hydrogens (tertiary/aromatic N) is 1. The van der Waals surface area contributed by atoms with Crippen molar-refractivity contribution >= 4 is 27.1 Å². The maximum absolute atomic E-state index is 12.5. The van der Waals surface area contributed by atoms with E-state index in [1.165, 1.54) is 15.6 Å². The highest BCUT2D eigenvalue weighted by Gasteiger charge is 2.31. The lowest BCUT2D eigenvalue weighted by atomic mass is 9.95. The molecule has 1 aromatic heterocycles. The summed E-state index contributed by atoms with van der Waals surface area (Å²) in [5.41, 5.74) is 0. The van der Waals surface area contributed by atoms with Crippen LogP contribution in [0.2, 0.25) is 0 Å². The van der Waals surface area contributed by atoms with Crippen molar-refractivity contribution in [1.82, 2.24) is 4.31 Å². The van der Waals surface area contributed by atoms with Gasteiger partial charge in [-0.25, -0.2) is 8.42 Å². The molecule has 1 aromatic rings. The number of rotatable bonds is 4. The minimum absolute atomic E-state index is 0.0464. The van der Waals surface area contributed by atoms with Crippen LogP contribution in [0.5, 0.6) is 0 Å². The third kappa shape index (κ3) is 3.07. The highest BCUT2D eigenvalue weighted by molar-refractivity contribution is 7.91. The Hall–Kier alpha value is -0.720. The third-order valence-corrected chi connectivity index (χ3v) is 7.25. The Morgan fingerprint density at radius 3 is 2.47 bits per heavy atom. The van der Waals surface area contributed by atoms with E-state index < -0.39 is 10.0 Å². The van der Waals surface area contributed by atoms with Gasteiger partial charge in [0.25, 0.3) is 10.0 Å². The van der Waals surface area contributed by atoms with Gasteiger partial charge in [-0.15, -0.1) is 11.3 Å². The number of carbonyl (C=O) groups excluding carboxylic acids is 1. The first kappa shape index (κ1) is 14.7. The van der Waals surface area contributed by atoms with Crippen LogP contribution in [0, 0.1) is 0 Å². The molecular formula is C13H19NO3S2. The molecule has 0 unspecified atom stereocenters. The van der Waals surface area contributed by atoms with Crippen LogP contribution < -0.4 is 0 Å². The number of hydrogen-bond donors (Lipinski definition) is 0. The molecule has 1 heterocycles. The van der Waals surface area contributed by atoms with Crippen molar-refractivity contribution in [2.45, 2.75) is 49.3 Å². The Balaban J connectivity index is 2.16. The zero-order chi connectivity index (χ0) is 14.0. The second-order valence-corrected chi connectivity index (χ2v) is 8.26. The molecule has 1 aliphatic rings. The number of thiophene rings is 1. The summed E-state index contributed by atoms with van der Waals surface area (Å²) < 4.78 is 26.8. The van der Waals surface area contributed by atoms with Gasteiger partial charge in [-0.05, 0) is 31.4 Å². The number of ketones is 1. The van der Waals surface area contributed by atoms with Crippen molar-refractivity contribution in [2.24, 2.45) is 0 Å². The fourth-order valence-corrected chi connectivity index (χ4v) is 5.21. The number of hydrogen-bond acceptors (Lipinski definition) is 4. The van der Waals surface area contributed by atoms with E-state index in [2.05, 4.69) is 0 Å². The Morgan fingerprint density at radius 2 is 1.95 bits per heavy atom.